The van der Waals surface area contributed by atoms with Crippen LogP contribution in [0.3, 0.4) is 0 Å². The Morgan fingerprint density at radius 1 is 1.50 bits per heavy atom. The Morgan fingerprint density at radius 3 is 2.43 bits per heavy atom. The van der Waals surface area contributed by atoms with Crippen molar-refractivity contribution in [2.45, 2.75) is 39.8 Å². The largest absolute Gasteiger partial charge is 0.462 e. The van der Waals surface area contributed by atoms with Gasteiger partial charge < -0.3 is 10.1 Å². The molecule has 0 aromatic carbocycles. The SMILES string of the molecule is CC(C)OC(=O)C1C(=S)NC(C)C1C. The lowest BCUT2D eigenvalue weighted by Crippen LogP contribution is -2.29. The molecule has 0 saturated carbocycles. The van der Waals surface area contributed by atoms with Gasteiger partial charge in [0.2, 0.25) is 0 Å². The molecule has 1 aliphatic rings. The predicted octanol–water partition coefficient (Wildman–Crippen LogP) is 1.51. The highest BCUT2D eigenvalue weighted by atomic mass is 32.1. The van der Waals surface area contributed by atoms with Crippen LogP contribution in [0.1, 0.15) is 27.7 Å². The second kappa shape index (κ2) is 4.26. The first-order chi connectivity index (χ1) is 6.43. The quantitative estimate of drug-likeness (QED) is 0.560. The highest BCUT2D eigenvalue weighted by Crippen LogP contribution is 2.25. The van der Waals surface area contributed by atoms with Crippen LogP contribution in [0.2, 0.25) is 0 Å². The molecule has 0 spiro atoms. The Labute approximate surface area is 90.2 Å². The van der Waals surface area contributed by atoms with E-state index in [1.165, 1.54) is 0 Å². The Morgan fingerprint density at radius 2 is 2.07 bits per heavy atom. The van der Waals surface area contributed by atoms with E-state index in [0.717, 1.165) is 0 Å². The van der Waals surface area contributed by atoms with Gasteiger partial charge in [0.1, 0.15) is 5.92 Å². The summed E-state index contributed by atoms with van der Waals surface area (Å²) in [6.45, 7) is 7.73. The fourth-order valence-electron chi connectivity index (χ4n) is 1.60. The summed E-state index contributed by atoms with van der Waals surface area (Å²) in [4.78, 5) is 12.3. The third kappa shape index (κ3) is 2.23. The zero-order valence-electron chi connectivity index (χ0n) is 9.03. The first-order valence-electron chi connectivity index (χ1n) is 4.94. The van der Waals surface area contributed by atoms with Gasteiger partial charge in [-0.25, -0.2) is 0 Å². The van der Waals surface area contributed by atoms with Crippen LogP contribution in [0, 0.1) is 11.8 Å². The molecule has 1 heterocycles. The van der Waals surface area contributed by atoms with Crippen molar-refractivity contribution in [1.29, 1.82) is 0 Å². The fraction of sp³-hybridized carbons (Fsp3) is 0.800. The Kier molecular flexibility index (Phi) is 3.48. The van der Waals surface area contributed by atoms with Crippen LogP contribution >= 0.6 is 12.2 Å². The highest BCUT2D eigenvalue weighted by molar-refractivity contribution is 7.80. The molecule has 1 N–H and O–H groups in total. The molecule has 3 unspecified atom stereocenters. The zero-order valence-corrected chi connectivity index (χ0v) is 9.85. The van der Waals surface area contributed by atoms with Crippen molar-refractivity contribution in [1.82, 2.24) is 5.32 Å². The van der Waals surface area contributed by atoms with Crippen LogP contribution in [0.5, 0.6) is 0 Å². The van der Waals surface area contributed by atoms with Gasteiger partial charge in [0.15, 0.2) is 0 Å². The lowest BCUT2D eigenvalue weighted by molar-refractivity contribution is -0.150. The van der Waals surface area contributed by atoms with E-state index < -0.39 is 0 Å². The predicted molar refractivity (Wildman–Crippen MR) is 59.1 cm³/mol. The van der Waals surface area contributed by atoms with Crippen molar-refractivity contribution < 1.29 is 9.53 Å². The van der Waals surface area contributed by atoms with Crippen molar-refractivity contribution >= 4 is 23.2 Å². The van der Waals surface area contributed by atoms with E-state index in [4.69, 9.17) is 17.0 Å². The zero-order chi connectivity index (χ0) is 10.9. The first kappa shape index (κ1) is 11.4. The van der Waals surface area contributed by atoms with Crippen LogP contribution in [0.25, 0.3) is 0 Å². The van der Waals surface area contributed by atoms with Crippen LogP contribution in [0.15, 0.2) is 0 Å². The normalized spacial score (nSPS) is 31.8. The number of thiocarbonyl (C=S) groups is 1. The second-order valence-electron chi connectivity index (χ2n) is 4.12. The van der Waals surface area contributed by atoms with Gasteiger partial charge in [-0.15, -0.1) is 0 Å². The molecule has 0 amide bonds. The maximum atomic E-state index is 11.7. The minimum Gasteiger partial charge on any atom is -0.462 e. The molecular weight excluding hydrogens is 198 g/mol. The Balaban J connectivity index is 2.67. The molecule has 3 atom stereocenters. The molecule has 14 heavy (non-hydrogen) atoms. The standard InChI is InChI=1S/C10H17NO2S/c1-5(2)13-10(12)8-6(3)7(4)11-9(8)14/h5-8H,1-4H3,(H,11,14). The Bertz CT molecular complexity index is 253. The smallest absolute Gasteiger partial charge is 0.316 e. The van der Waals surface area contributed by atoms with Gasteiger partial charge in [-0.3, -0.25) is 4.79 Å². The number of rotatable bonds is 2. The van der Waals surface area contributed by atoms with Gasteiger partial charge in [0, 0.05) is 6.04 Å². The summed E-state index contributed by atoms with van der Waals surface area (Å²) in [5, 5.41) is 3.10. The third-order valence-electron chi connectivity index (χ3n) is 2.57. The van der Waals surface area contributed by atoms with Gasteiger partial charge in [0.25, 0.3) is 0 Å². The van der Waals surface area contributed by atoms with Gasteiger partial charge >= 0.3 is 5.97 Å². The number of hydrogen-bond acceptors (Lipinski definition) is 3. The molecule has 0 aliphatic carbocycles. The lowest BCUT2D eigenvalue weighted by atomic mass is 9.93. The monoisotopic (exact) mass is 215 g/mol. The molecule has 1 saturated heterocycles. The first-order valence-corrected chi connectivity index (χ1v) is 5.35. The average molecular weight is 215 g/mol. The Hall–Kier alpha value is -0.640. The molecule has 3 nitrogen and oxygen atoms in total. The van der Waals surface area contributed by atoms with Crippen LogP contribution in [-0.4, -0.2) is 23.1 Å². The molecule has 0 radical (unpaired) electrons. The maximum absolute atomic E-state index is 11.7. The van der Waals surface area contributed by atoms with E-state index in [9.17, 15) is 4.79 Å². The van der Waals surface area contributed by atoms with Crippen molar-refractivity contribution in [2.75, 3.05) is 0 Å². The summed E-state index contributed by atoms with van der Waals surface area (Å²) >= 11 is 5.11. The van der Waals surface area contributed by atoms with E-state index in [1.54, 1.807) is 0 Å². The summed E-state index contributed by atoms with van der Waals surface area (Å²) in [5.74, 6) is -0.245. The number of carbonyl (C=O) groups excluding carboxylic acids is 1. The van der Waals surface area contributed by atoms with Gasteiger partial charge in [0.05, 0.1) is 11.1 Å². The van der Waals surface area contributed by atoms with Gasteiger partial charge in [-0.05, 0) is 26.7 Å². The minimum atomic E-state index is -0.262. The molecule has 1 fully saturated rings. The third-order valence-corrected chi connectivity index (χ3v) is 2.94. The average Bonchev–Trinajstić information content (AvgIpc) is 2.25. The van der Waals surface area contributed by atoms with E-state index in [0.29, 0.717) is 4.99 Å². The van der Waals surface area contributed by atoms with Crippen LogP contribution < -0.4 is 5.32 Å². The fourth-order valence-corrected chi connectivity index (χ4v) is 2.10. The van der Waals surface area contributed by atoms with Crippen LogP contribution in [-0.2, 0) is 9.53 Å². The summed E-state index contributed by atoms with van der Waals surface area (Å²) in [7, 11) is 0. The number of nitrogens with one attached hydrogen (secondary N) is 1. The molecule has 0 aromatic heterocycles. The molecule has 4 heteroatoms. The number of hydrogen-bond donors (Lipinski definition) is 1. The molecule has 1 aliphatic heterocycles. The molecule has 1 rings (SSSR count). The van der Waals surface area contributed by atoms with Crippen molar-refractivity contribution in [3.8, 4) is 0 Å². The topological polar surface area (TPSA) is 38.3 Å². The van der Waals surface area contributed by atoms with Crippen molar-refractivity contribution in [3.05, 3.63) is 0 Å². The molecule has 80 valence electrons. The second-order valence-corrected chi connectivity index (χ2v) is 4.56. The molecular formula is C10H17NO2S. The van der Waals surface area contributed by atoms with Gasteiger partial charge in [-0.2, -0.15) is 0 Å². The lowest BCUT2D eigenvalue weighted by Gasteiger charge is -2.16. The van der Waals surface area contributed by atoms with Crippen LogP contribution in [0.4, 0.5) is 0 Å². The minimum absolute atomic E-state index is 0.0755. The van der Waals surface area contributed by atoms with Gasteiger partial charge in [-0.1, -0.05) is 19.1 Å². The van der Waals surface area contributed by atoms with E-state index >= 15 is 0 Å². The summed E-state index contributed by atoms with van der Waals surface area (Å²) in [5.41, 5.74) is 0. The summed E-state index contributed by atoms with van der Waals surface area (Å²) in [6, 6.07) is 0.257. The number of carbonyl (C=O) groups is 1. The number of esters is 1. The van der Waals surface area contributed by atoms with E-state index in [2.05, 4.69) is 5.32 Å². The van der Waals surface area contributed by atoms with Crippen molar-refractivity contribution in [2.24, 2.45) is 11.8 Å². The summed E-state index contributed by atoms with van der Waals surface area (Å²) in [6.07, 6.45) is -0.0755. The maximum Gasteiger partial charge on any atom is 0.316 e. The molecule has 0 aromatic rings. The van der Waals surface area contributed by atoms with Crippen molar-refractivity contribution in [3.63, 3.8) is 0 Å². The summed E-state index contributed by atoms with van der Waals surface area (Å²) < 4.78 is 5.16. The van der Waals surface area contributed by atoms with E-state index in [1.807, 2.05) is 27.7 Å². The molecule has 0 bridgehead atoms. The van der Waals surface area contributed by atoms with E-state index in [-0.39, 0.29) is 30.0 Å². The highest BCUT2D eigenvalue weighted by Gasteiger charge is 2.40. The number of ether oxygens (including phenoxy) is 1.